The maximum absolute atomic E-state index is 11.8. The normalized spacial score (nSPS) is 13.0. The van der Waals surface area contributed by atoms with Crippen LogP contribution < -0.4 is 4.72 Å². The molecule has 0 radical (unpaired) electrons. The molecule has 0 spiro atoms. The van der Waals surface area contributed by atoms with Crippen molar-refractivity contribution < 1.29 is 23.1 Å². The Hall–Kier alpha value is -1.60. The minimum absolute atomic E-state index is 0.0393. The fourth-order valence-corrected chi connectivity index (χ4v) is 2.88. The van der Waals surface area contributed by atoms with Crippen molar-refractivity contribution in [2.45, 2.75) is 20.0 Å². The van der Waals surface area contributed by atoms with Crippen LogP contribution in [-0.4, -0.2) is 38.5 Å². The first-order chi connectivity index (χ1) is 8.73. The van der Waals surface area contributed by atoms with E-state index >= 15 is 0 Å². The lowest BCUT2D eigenvalue weighted by atomic mass is 10.1. The smallest absolute Gasteiger partial charge is 0.335 e. The predicted molar refractivity (Wildman–Crippen MR) is 72.0 cm³/mol. The number of sulfonamides is 1. The van der Waals surface area contributed by atoms with Gasteiger partial charge in [-0.3, -0.25) is 4.72 Å². The van der Waals surface area contributed by atoms with Gasteiger partial charge in [-0.25, -0.2) is 13.2 Å². The van der Waals surface area contributed by atoms with Gasteiger partial charge in [-0.15, -0.1) is 0 Å². The molecule has 1 aromatic carbocycles. The zero-order valence-corrected chi connectivity index (χ0v) is 11.8. The minimum atomic E-state index is -3.57. The van der Waals surface area contributed by atoms with Crippen LogP contribution in [0.25, 0.3) is 0 Å². The number of hydrogen-bond donors (Lipinski definition) is 2. The van der Waals surface area contributed by atoms with E-state index in [-0.39, 0.29) is 17.0 Å². The number of methoxy groups -OCH3 is 1. The Labute approximate surface area is 112 Å². The Balaban J connectivity index is 2.96. The van der Waals surface area contributed by atoms with E-state index in [0.29, 0.717) is 5.56 Å². The molecule has 0 aliphatic rings. The summed E-state index contributed by atoms with van der Waals surface area (Å²) >= 11 is 0. The SMILES string of the molecule is CO[C@@H](C)CS(=O)(=O)Nc1cc(C)cc(C(=O)O)c1. The minimum Gasteiger partial charge on any atom is -0.478 e. The number of carbonyl (C=O) groups is 1. The van der Waals surface area contributed by atoms with Crippen molar-refractivity contribution in [3.63, 3.8) is 0 Å². The Morgan fingerprint density at radius 2 is 2.05 bits per heavy atom. The molecule has 0 bridgehead atoms. The van der Waals surface area contributed by atoms with Gasteiger partial charge in [0.2, 0.25) is 10.0 Å². The van der Waals surface area contributed by atoms with E-state index in [2.05, 4.69) is 4.72 Å². The largest absolute Gasteiger partial charge is 0.478 e. The number of aryl methyl sites for hydroxylation is 1. The highest BCUT2D eigenvalue weighted by Crippen LogP contribution is 2.16. The van der Waals surface area contributed by atoms with Gasteiger partial charge < -0.3 is 9.84 Å². The Morgan fingerprint density at radius 3 is 2.58 bits per heavy atom. The first-order valence-corrected chi connectivity index (χ1v) is 7.27. The van der Waals surface area contributed by atoms with Gasteiger partial charge in [-0.1, -0.05) is 0 Å². The topological polar surface area (TPSA) is 92.7 Å². The maximum atomic E-state index is 11.8. The lowest BCUT2D eigenvalue weighted by Crippen LogP contribution is -2.25. The highest BCUT2D eigenvalue weighted by molar-refractivity contribution is 7.92. The second kappa shape index (κ2) is 6.03. The van der Waals surface area contributed by atoms with Crippen molar-refractivity contribution in [1.29, 1.82) is 0 Å². The average Bonchev–Trinajstić information content (AvgIpc) is 2.26. The molecule has 0 saturated carbocycles. The van der Waals surface area contributed by atoms with Crippen LogP contribution in [0.5, 0.6) is 0 Å². The summed E-state index contributed by atoms with van der Waals surface area (Å²) in [6.45, 7) is 3.33. The van der Waals surface area contributed by atoms with Gasteiger partial charge >= 0.3 is 5.97 Å². The summed E-state index contributed by atoms with van der Waals surface area (Å²) in [4.78, 5) is 10.9. The van der Waals surface area contributed by atoms with Gasteiger partial charge in [0.25, 0.3) is 0 Å². The molecule has 2 N–H and O–H groups in total. The monoisotopic (exact) mass is 287 g/mol. The fourth-order valence-electron chi connectivity index (χ4n) is 1.56. The van der Waals surface area contributed by atoms with Gasteiger partial charge in [0.1, 0.15) is 0 Å². The van der Waals surface area contributed by atoms with Crippen LogP contribution in [-0.2, 0) is 14.8 Å². The van der Waals surface area contributed by atoms with Crippen molar-refractivity contribution in [3.8, 4) is 0 Å². The number of carboxylic acid groups (broad SMARTS) is 1. The average molecular weight is 287 g/mol. The third-order valence-corrected chi connectivity index (χ3v) is 3.91. The molecular weight excluding hydrogens is 270 g/mol. The molecule has 1 atom stereocenters. The number of hydrogen-bond acceptors (Lipinski definition) is 4. The Kier molecular flexibility index (Phi) is 4.90. The number of rotatable bonds is 6. The Bertz CT molecular complexity index is 567. The molecule has 6 nitrogen and oxygen atoms in total. The van der Waals surface area contributed by atoms with E-state index in [1.807, 2.05) is 0 Å². The van der Waals surface area contributed by atoms with Crippen molar-refractivity contribution in [1.82, 2.24) is 0 Å². The molecule has 7 heteroatoms. The molecule has 0 unspecified atom stereocenters. The lowest BCUT2D eigenvalue weighted by molar-refractivity contribution is 0.0696. The number of anilines is 1. The van der Waals surface area contributed by atoms with Crippen LogP contribution >= 0.6 is 0 Å². The maximum Gasteiger partial charge on any atom is 0.335 e. The van der Waals surface area contributed by atoms with Crippen molar-refractivity contribution in [2.75, 3.05) is 17.6 Å². The summed E-state index contributed by atoms with van der Waals surface area (Å²) in [5, 5.41) is 8.92. The van der Waals surface area contributed by atoms with Crippen LogP contribution in [0.2, 0.25) is 0 Å². The zero-order valence-electron chi connectivity index (χ0n) is 11.0. The van der Waals surface area contributed by atoms with E-state index in [4.69, 9.17) is 9.84 Å². The molecule has 1 aromatic rings. The van der Waals surface area contributed by atoms with Gasteiger partial charge in [-0.05, 0) is 37.6 Å². The molecule has 0 amide bonds. The third kappa shape index (κ3) is 4.88. The highest BCUT2D eigenvalue weighted by Gasteiger charge is 2.16. The van der Waals surface area contributed by atoms with Crippen molar-refractivity contribution >= 4 is 21.7 Å². The number of aromatic carboxylic acids is 1. The molecule has 106 valence electrons. The van der Waals surface area contributed by atoms with Crippen LogP contribution in [0, 0.1) is 6.92 Å². The molecular formula is C12H17NO5S. The Morgan fingerprint density at radius 1 is 1.42 bits per heavy atom. The van der Waals surface area contributed by atoms with E-state index in [0.717, 1.165) is 0 Å². The van der Waals surface area contributed by atoms with Crippen LogP contribution in [0.1, 0.15) is 22.8 Å². The van der Waals surface area contributed by atoms with Gasteiger partial charge in [0.15, 0.2) is 0 Å². The predicted octanol–water partition coefficient (Wildman–Crippen LogP) is 1.47. The number of carboxylic acids is 1. The standard InChI is InChI=1S/C12H17NO5S/c1-8-4-10(12(14)15)6-11(5-8)13-19(16,17)7-9(2)18-3/h4-6,9,13H,7H2,1-3H3,(H,14,15)/t9-/m0/s1. The quantitative estimate of drug-likeness (QED) is 0.826. The van der Waals surface area contributed by atoms with Crippen LogP contribution in [0.4, 0.5) is 5.69 Å². The number of nitrogens with one attached hydrogen (secondary N) is 1. The van der Waals surface area contributed by atoms with E-state index in [9.17, 15) is 13.2 Å². The lowest BCUT2D eigenvalue weighted by Gasteiger charge is -2.13. The summed E-state index contributed by atoms with van der Waals surface area (Å²) in [6, 6.07) is 4.32. The summed E-state index contributed by atoms with van der Waals surface area (Å²) in [5.74, 6) is -1.30. The van der Waals surface area contributed by atoms with Gasteiger partial charge in [-0.2, -0.15) is 0 Å². The molecule has 0 fully saturated rings. The highest BCUT2D eigenvalue weighted by atomic mass is 32.2. The second-order valence-corrected chi connectivity index (χ2v) is 6.09. The second-order valence-electron chi connectivity index (χ2n) is 4.32. The molecule has 0 heterocycles. The van der Waals surface area contributed by atoms with E-state index < -0.39 is 22.1 Å². The van der Waals surface area contributed by atoms with Crippen LogP contribution in [0.15, 0.2) is 18.2 Å². The number of ether oxygens (including phenoxy) is 1. The van der Waals surface area contributed by atoms with Crippen molar-refractivity contribution in [3.05, 3.63) is 29.3 Å². The van der Waals surface area contributed by atoms with Crippen molar-refractivity contribution in [2.24, 2.45) is 0 Å². The molecule has 19 heavy (non-hydrogen) atoms. The summed E-state index contributed by atoms with van der Waals surface area (Å²) in [7, 11) is -2.15. The van der Waals surface area contributed by atoms with E-state index in [1.165, 1.54) is 19.2 Å². The third-order valence-electron chi connectivity index (χ3n) is 2.45. The summed E-state index contributed by atoms with van der Waals surface area (Å²) in [6.07, 6.45) is -0.443. The van der Waals surface area contributed by atoms with Gasteiger partial charge in [0.05, 0.1) is 17.4 Å². The molecule has 0 aliphatic carbocycles. The molecule has 1 rings (SSSR count). The summed E-state index contributed by atoms with van der Waals surface area (Å²) in [5.41, 5.74) is 0.940. The molecule has 0 saturated heterocycles. The number of benzene rings is 1. The van der Waals surface area contributed by atoms with Crippen LogP contribution in [0.3, 0.4) is 0 Å². The zero-order chi connectivity index (χ0) is 14.6. The molecule has 0 aliphatic heterocycles. The first kappa shape index (κ1) is 15.5. The van der Waals surface area contributed by atoms with Gasteiger partial charge in [0, 0.05) is 12.8 Å². The fraction of sp³-hybridized carbons (Fsp3) is 0.417. The molecule has 0 aromatic heterocycles. The van der Waals surface area contributed by atoms with E-state index in [1.54, 1.807) is 19.9 Å². The summed E-state index contributed by atoms with van der Waals surface area (Å²) < 4.78 is 30.9. The first-order valence-electron chi connectivity index (χ1n) is 5.62.